The van der Waals surface area contributed by atoms with Gasteiger partial charge in [-0.15, -0.1) is 11.6 Å². The molecule has 0 amide bonds. The van der Waals surface area contributed by atoms with Crippen molar-refractivity contribution < 1.29 is 0 Å². The maximum absolute atomic E-state index is 6.39. The zero-order valence-corrected chi connectivity index (χ0v) is 10.5. The van der Waals surface area contributed by atoms with Crippen molar-refractivity contribution in [1.82, 2.24) is 4.98 Å². The Morgan fingerprint density at radius 2 is 2.27 bits per heavy atom. The zero-order chi connectivity index (χ0) is 11.1. The lowest BCUT2D eigenvalue weighted by molar-refractivity contribution is 0.538. The van der Waals surface area contributed by atoms with Gasteiger partial charge in [0.05, 0.1) is 5.02 Å². The molecule has 1 aliphatic rings. The summed E-state index contributed by atoms with van der Waals surface area (Å²) in [5.74, 6) is 0.628. The molecule has 2 unspecified atom stereocenters. The molecule has 0 saturated heterocycles. The Labute approximate surface area is 101 Å². The van der Waals surface area contributed by atoms with Crippen LogP contribution >= 0.6 is 23.2 Å². The predicted molar refractivity (Wildman–Crippen MR) is 64.5 cm³/mol. The molecule has 82 valence electrons. The van der Waals surface area contributed by atoms with Crippen molar-refractivity contribution in [1.29, 1.82) is 0 Å². The van der Waals surface area contributed by atoms with E-state index < -0.39 is 0 Å². The molecule has 1 aromatic heterocycles. The Kier molecular flexibility index (Phi) is 2.96. The van der Waals surface area contributed by atoms with E-state index in [0.717, 1.165) is 17.0 Å². The SMILES string of the molecule is CC1(C)CC1C(Cl)Cc1ccncc1Cl. The van der Waals surface area contributed by atoms with Crippen LogP contribution in [0.25, 0.3) is 0 Å². The van der Waals surface area contributed by atoms with Crippen LogP contribution in [-0.4, -0.2) is 10.4 Å². The van der Waals surface area contributed by atoms with E-state index >= 15 is 0 Å². The van der Waals surface area contributed by atoms with Crippen molar-refractivity contribution in [3.63, 3.8) is 0 Å². The molecule has 1 saturated carbocycles. The van der Waals surface area contributed by atoms with Crippen molar-refractivity contribution in [3.8, 4) is 0 Å². The molecule has 0 aromatic carbocycles. The average molecular weight is 244 g/mol. The summed E-state index contributed by atoms with van der Waals surface area (Å²) in [6.07, 6.45) is 5.52. The first-order valence-corrected chi connectivity index (χ1v) is 6.04. The van der Waals surface area contributed by atoms with Crippen LogP contribution in [0.4, 0.5) is 0 Å². The van der Waals surface area contributed by atoms with E-state index in [4.69, 9.17) is 23.2 Å². The first-order chi connectivity index (χ1) is 7.00. The summed E-state index contributed by atoms with van der Waals surface area (Å²) in [5, 5.41) is 0.918. The van der Waals surface area contributed by atoms with E-state index in [1.165, 1.54) is 6.42 Å². The minimum Gasteiger partial charge on any atom is -0.263 e. The number of aromatic nitrogens is 1. The smallest absolute Gasteiger partial charge is 0.0621 e. The van der Waals surface area contributed by atoms with E-state index in [0.29, 0.717) is 11.3 Å². The number of hydrogen-bond acceptors (Lipinski definition) is 1. The second-order valence-corrected chi connectivity index (χ2v) is 5.95. The first kappa shape index (κ1) is 11.2. The lowest BCUT2D eigenvalue weighted by Crippen LogP contribution is -2.10. The van der Waals surface area contributed by atoms with E-state index in [9.17, 15) is 0 Å². The molecule has 1 aromatic rings. The predicted octanol–water partition coefficient (Wildman–Crippen LogP) is 3.93. The molecule has 1 fully saturated rings. The zero-order valence-electron chi connectivity index (χ0n) is 9.00. The Hall–Kier alpha value is -0.270. The standard InChI is InChI=1S/C12H15Cl2N/c1-12(2)6-9(12)10(13)5-8-3-4-15-7-11(8)14/h3-4,7,9-10H,5-6H2,1-2H3. The third kappa shape index (κ3) is 2.46. The normalized spacial score (nSPS) is 24.9. The summed E-state index contributed by atoms with van der Waals surface area (Å²) < 4.78 is 0. The van der Waals surface area contributed by atoms with Crippen molar-refractivity contribution in [2.45, 2.75) is 32.1 Å². The molecule has 15 heavy (non-hydrogen) atoms. The van der Waals surface area contributed by atoms with Gasteiger partial charge in [-0.05, 0) is 35.8 Å². The largest absolute Gasteiger partial charge is 0.263 e. The molecule has 1 heterocycles. The molecule has 2 atom stereocenters. The minimum atomic E-state index is 0.194. The summed E-state index contributed by atoms with van der Waals surface area (Å²) in [4.78, 5) is 3.97. The van der Waals surface area contributed by atoms with Gasteiger partial charge < -0.3 is 0 Å². The van der Waals surface area contributed by atoms with Crippen LogP contribution in [0.15, 0.2) is 18.5 Å². The van der Waals surface area contributed by atoms with Crippen LogP contribution < -0.4 is 0 Å². The van der Waals surface area contributed by atoms with Gasteiger partial charge in [-0.3, -0.25) is 4.98 Å². The summed E-state index contributed by atoms with van der Waals surface area (Å²) in [6.45, 7) is 4.53. The van der Waals surface area contributed by atoms with Crippen LogP contribution in [0.1, 0.15) is 25.8 Å². The molecule has 0 N–H and O–H groups in total. The second-order valence-electron chi connectivity index (χ2n) is 4.99. The molecule has 2 rings (SSSR count). The molecule has 0 aliphatic heterocycles. The number of alkyl halides is 1. The molecule has 1 nitrogen and oxygen atoms in total. The molecule has 1 aliphatic carbocycles. The molecular formula is C12H15Cl2N. The van der Waals surface area contributed by atoms with Gasteiger partial charge in [0.1, 0.15) is 0 Å². The van der Waals surface area contributed by atoms with Crippen LogP contribution in [0.3, 0.4) is 0 Å². The number of nitrogens with zero attached hydrogens (tertiary/aromatic N) is 1. The highest BCUT2D eigenvalue weighted by Crippen LogP contribution is 2.55. The first-order valence-electron chi connectivity index (χ1n) is 5.23. The monoisotopic (exact) mass is 243 g/mol. The number of hydrogen-bond donors (Lipinski definition) is 0. The van der Waals surface area contributed by atoms with Gasteiger partial charge in [-0.25, -0.2) is 0 Å². The molecule has 0 radical (unpaired) electrons. The Morgan fingerprint density at radius 3 is 2.80 bits per heavy atom. The molecule has 0 spiro atoms. The van der Waals surface area contributed by atoms with Gasteiger partial charge in [-0.1, -0.05) is 25.4 Å². The lowest BCUT2D eigenvalue weighted by atomic mass is 10.0. The Balaban J connectivity index is 2.01. The van der Waals surface area contributed by atoms with Crippen LogP contribution in [0.5, 0.6) is 0 Å². The van der Waals surface area contributed by atoms with Gasteiger partial charge in [0.15, 0.2) is 0 Å². The van der Waals surface area contributed by atoms with Gasteiger partial charge in [0.2, 0.25) is 0 Å². The van der Waals surface area contributed by atoms with E-state index in [2.05, 4.69) is 18.8 Å². The van der Waals surface area contributed by atoms with Gasteiger partial charge in [0.25, 0.3) is 0 Å². The third-order valence-corrected chi connectivity index (χ3v) is 4.10. The maximum Gasteiger partial charge on any atom is 0.0621 e. The minimum absolute atomic E-state index is 0.194. The number of rotatable bonds is 3. The highest BCUT2D eigenvalue weighted by atomic mass is 35.5. The highest BCUT2D eigenvalue weighted by Gasteiger charge is 2.49. The quantitative estimate of drug-likeness (QED) is 0.734. The molecule has 0 bridgehead atoms. The van der Waals surface area contributed by atoms with Crippen molar-refractivity contribution in [3.05, 3.63) is 29.0 Å². The van der Waals surface area contributed by atoms with Crippen molar-refractivity contribution >= 4 is 23.2 Å². The molecule has 3 heteroatoms. The fraction of sp³-hybridized carbons (Fsp3) is 0.583. The fourth-order valence-corrected chi connectivity index (χ4v) is 2.84. The second kappa shape index (κ2) is 3.95. The highest BCUT2D eigenvalue weighted by molar-refractivity contribution is 6.31. The van der Waals surface area contributed by atoms with Crippen LogP contribution in [0.2, 0.25) is 5.02 Å². The lowest BCUT2D eigenvalue weighted by Gasteiger charge is -2.12. The summed E-state index contributed by atoms with van der Waals surface area (Å²) >= 11 is 12.4. The number of pyridine rings is 1. The van der Waals surface area contributed by atoms with Crippen LogP contribution in [0, 0.1) is 11.3 Å². The van der Waals surface area contributed by atoms with E-state index in [-0.39, 0.29) is 5.38 Å². The fourth-order valence-electron chi connectivity index (χ4n) is 2.05. The number of halogens is 2. The summed E-state index contributed by atoms with van der Waals surface area (Å²) in [6, 6.07) is 1.95. The topological polar surface area (TPSA) is 12.9 Å². The maximum atomic E-state index is 6.39. The Bertz CT molecular complexity index is 362. The van der Waals surface area contributed by atoms with Crippen molar-refractivity contribution in [2.24, 2.45) is 11.3 Å². The average Bonchev–Trinajstić information content (AvgIpc) is 2.79. The molecular weight excluding hydrogens is 229 g/mol. The van der Waals surface area contributed by atoms with Gasteiger partial charge in [-0.2, -0.15) is 0 Å². The summed E-state index contributed by atoms with van der Waals surface area (Å²) in [7, 11) is 0. The van der Waals surface area contributed by atoms with E-state index in [1.807, 2.05) is 6.07 Å². The summed E-state index contributed by atoms with van der Waals surface area (Å²) in [5.41, 5.74) is 1.53. The van der Waals surface area contributed by atoms with E-state index in [1.54, 1.807) is 12.4 Å². The third-order valence-electron chi connectivity index (χ3n) is 3.30. The Morgan fingerprint density at radius 1 is 1.60 bits per heavy atom. The van der Waals surface area contributed by atoms with Crippen LogP contribution in [-0.2, 0) is 6.42 Å². The van der Waals surface area contributed by atoms with Gasteiger partial charge in [0, 0.05) is 17.8 Å². The van der Waals surface area contributed by atoms with Crippen molar-refractivity contribution in [2.75, 3.05) is 0 Å². The van der Waals surface area contributed by atoms with Gasteiger partial charge >= 0.3 is 0 Å².